The zero-order valence-electron chi connectivity index (χ0n) is 16.0. The highest BCUT2D eigenvalue weighted by atomic mass is 32.1. The Bertz CT molecular complexity index is 1220. The maximum atomic E-state index is 14.6. The molecule has 0 saturated carbocycles. The molecule has 158 valence electrons. The quantitative estimate of drug-likeness (QED) is 0.339. The summed E-state index contributed by atoms with van der Waals surface area (Å²) in [7, 11) is 1.49. The van der Waals surface area contributed by atoms with Gasteiger partial charge < -0.3 is 4.74 Å². The van der Waals surface area contributed by atoms with Gasteiger partial charge in [0.05, 0.1) is 34.1 Å². The van der Waals surface area contributed by atoms with Crippen molar-refractivity contribution in [2.45, 2.75) is 6.18 Å². The molecular formula is C22H14F4N2O2S. The fourth-order valence-electron chi connectivity index (χ4n) is 2.99. The van der Waals surface area contributed by atoms with Gasteiger partial charge in [0.25, 0.3) is 5.91 Å². The van der Waals surface area contributed by atoms with Crippen LogP contribution in [0, 0.1) is 5.82 Å². The van der Waals surface area contributed by atoms with Crippen molar-refractivity contribution in [2.24, 2.45) is 0 Å². The number of rotatable bonds is 4. The number of fused-ring (bicyclic) bond motifs is 1. The predicted molar refractivity (Wildman–Crippen MR) is 110 cm³/mol. The zero-order chi connectivity index (χ0) is 22.2. The number of thiazole rings is 1. The van der Waals surface area contributed by atoms with Crippen molar-refractivity contribution in [3.05, 3.63) is 83.7 Å². The number of hydrogen-bond acceptors (Lipinski definition) is 4. The van der Waals surface area contributed by atoms with Crippen LogP contribution < -0.4 is 9.64 Å². The van der Waals surface area contributed by atoms with Gasteiger partial charge in [0.2, 0.25) is 0 Å². The Morgan fingerprint density at radius 2 is 1.74 bits per heavy atom. The van der Waals surface area contributed by atoms with Crippen molar-refractivity contribution in [1.29, 1.82) is 0 Å². The summed E-state index contributed by atoms with van der Waals surface area (Å²) in [6.45, 7) is 0. The van der Waals surface area contributed by atoms with E-state index in [4.69, 9.17) is 4.74 Å². The van der Waals surface area contributed by atoms with Crippen LogP contribution in [0.4, 0.5) is 28.4 Å². The average Bonchev–Trinajstić information content (AvgIpc) is 3.17. The molecule has 0 atom stereocenters. The number of hydrogen-bond donors (Lipinski definition) is 0. The first-order valence-corrected chi connectivity index (χ1v) is 9.80. The number of methoxy groups -OCH3 is 1. The molecule has 0 aliphatic heterocycles. The molecule has 4 aromatic rings. The molecule has 9 heteroatoms. The number of carbonyl (C=O) groups is 1. The number of para-hydroxylation sites is 1. The lowest BCUT2D eigenvalue weighted by Crippen LogP contribution is -2.27. The number of halogens is 4. The van der Waals surface area contributed by atoms with Crippen LogP contribution in [0.2, 0.25) is 0 Å². The summed E-state index contributed by atoms with van der Waals surface area (Å²) < 4.78 is 59.2. The number of benzene rings is 3. The number of anilines is 2. The molecule has 0 bridgehead atoms. The minimum absolute atomic E-state index is 0.260. The molecule has 1 amide bonds. The third-order valence-electron chi connectivity index (χ3n) is 4.53. The Balaban J connectivity index is 1.82. The average molecular weight is 446 g/mol. The Morgan fingerprint density at radius 1 is 1.03 bits per heavy atom. The standard InChI is InChI=1S/C22H14F4N2O2S/c1-30-15-9-7-14(8-10-15)28(21-27-18-4-2-3-5-19(18)31-21)20(29)16-11-6-13(12-17(16)23)22(24,25)26/h2-12H,1H3. The number of ether oxygens (including phenoxy) is 1. The first kappa shape index (κ1) is 20.8. The van der Waals surface area contributed by atoms with E-state index in [1.165, 1.54) is 23.3 Å². The van der Waals surface area contributed by atoms with E-state index < -0.39 is 29.0 Å². The van der Waals surface area contributed by atoms with Gasteiger partial charge in [-0.2, -0.15) is 13.2 Å². The van der Waals surface area contributed by atoms with Gasteiger partial charge in [-0.15, -0.1) is 0 Å². The highest BCUT2D eigenvalue weighted by molar-refractivity contribution is 7.22. The second kappa shape index (κ2) is 7.99. The molecule has 1 aromatic heterocycles. The highest BCUT2D eigenvalue weighted by Crippen LogP contribution is 2.36. The van der Waals surface area contributed by atoms with Crippen molar-refractivity contribution in [2.75, 3.05) is 12.0 Å². The number of alkyl halides is 3. The van der Waals surface area contributed by atoms with Crippen molar-refractivity contribution in [1.82, 2.24) is 4.98 Å². The van der Waals surface area contributed by atoms with E-state index in [2.05, 4.69) is 4.98 Å². The molecule has 0 N–H and O–H groups in total. The molecule has 0 radical (unpaired) electrons. The van der Waals surface area contributed by atoms with E-state index in [-0.39, 0.29) is 5.13 Å². The van der Waals surface area contributed by atoms with Gasteiger partial charge in [-0.25, -0.2) is 9.37 Å². The summed E-state index contributed by atoms with van der Waals surface area (Å²) >= 11 is 1.21. The number of carbonyl (C=O) groups excluding carboxylic acids is 1. The van der Waals surface area contributed by atoms with Crippen LogP contribution in [0.5, 0.6) is 5.75 Å². The third kappa shape index (κ3) is 4.09. The summed E-state index contributed by atoms with van der Waals surface area (Å²) in [6, 6.07) is 15.5. The van der Waals surface area contributed by atoms with Gasteiger partial charge in [-0.1, -0.05) is 23.5 Å². The molecule has 0 aliphatic rings. The van der Waals surface area contributed by atoms with Gasteiger partial charge in [-0.3, -0.25) is 9.69 Å². The van der Waals surface area contributed by atoms with Crippen LogP contribution in [-0.4, -0.2) is 18.0 Å². The van der Waals surface area contributed by atoms with E-state index >= 15 is 0 Å². The first-order chi connectivity index (χ1) is 14.8. The third-order valence-corrected chi connectivity index (χ3v) is 5.56. The summed E-state index contributed by atoms with van der Waals surface area (Å²) in [5, 5.41) is 0.260. The minimum atomic E-state index is -4.72. The van der Waals surface area contributed by atoms with Crippen LogP contribution in [0.25, 0.3) is 10.2 Å². The number of nitrogens with zero attached hydrogens (tertiary/aromatic N) is 2. The summed E-state index contributed by atoms with van der Waals surface area (Å²) in [6.07, 6.45) is -4.72. The second-order valence-electron chi connectivity index (χ2n) is 6.50. The Hall–Kier alpha value is -3.46. The van der Waals surface area contributed by atoms with Crippen LogP contribution in [0.3, 0.4) is 0 Å². The second-order valence-corrected chi connectivity index (χ2v) is 7.50. The molecule has 3 aromatic carbocycles. The highest BCUT2D eigenvalue weighted by Gasteiger charge is 2.33. The van der Waals surface area contributed by atoms with Crippen molar-refractivity contribution < 1.29 is 27.1 Å². The van der Waals surface area contributed by atoms with Gasteiger partial charge >= 0.3 is 6.18 Å². The monoisotopic (exact) mass is 446 g/mol. The lowest BCUT2D eigenvalue weighted by atomic mass is 10.1. The van der Waals surface area contributed by atoms with E-state index in [0.717, 1.165) is 10.8 Å². The lowest BCUT2D eigenvalue weighted by molar-refractivity contribution is -0.137. The smallest absolute Gasteiger partial charge is 0.416 e. The van der Waals surface area contributed by atoms with Gasteiger partial charge in [-0.05, 0) is 54.6 Å². The fraction of sp³-hybridized carbons (Fsp3) is 0.0909. The lowest BCUT2D eigenvalue weighted by Gasteiger charge is -2.21. The maximum Gasteiger partial charge on any atom is 0.416 e. The normalized spacial score (nSPS) is 11.5. The van der Waals surface area contributed by atoms with E-state index in [0.29, 0.717) is 29.1 Å². The SMILES string of the molecule is COc1ccc(N(C(=O)c2ccc(C(F)(F)F)cc2F)c2nc3ccccc3s2)cc1. The molecule has 4 nitrogen and oxygen atoms in total. The fourth-order valence-corrected chi connectivity index (χ4v) is 3.97. The first-order valence-electron chi connectivity index (χ1n) is 8.99. The largest absolute Gasteiger partial charge is 0.497 e. The molecule has 0 spiro atoms. The number of amides is 1. The molecule has 4 rings (SSSR count). The van der Waals surface area contributed by atoms with E-state index in [9.17, 15) is 22.4 Å². The number of aromatic nitrogens is 1. The van der Waals surface area contributed by atoms with Gasteiger partial charge in [0.15, 0.2) is 5.13 Å². The summed E-state index contributed by atoms with van der Waals surface area (Å²) in [4.78, 5) is 18.9. The van der Waals surface area contributed by atoms with Crippen LogP contribution in [0.1, 0.15) is 15.9 Å². The molecule has 0 aliphatic carbocycles. The minimum Gasteiger partial charge on any atom is -0.497 e. The molecule has 0 saturated heterocycles. The van der Waals surface area contributed by atoms with Crippen molar-refractivity contribution in [3.8, 4) is 5.75 Å². The molecule has 1 heterocycles. The Morgan fingerprint density at radius 3 is 2.35 bits per heavy atom. The molecular weight excluding hydrogens is 432 g/mol. The molecule has 31 heavy (non-hydrogen) atoms. The predicted octanol–water partition coefficient (Wildman–Crippen LogP) is 6.44. The van der Waals surface area contributed by atoms with Crippen molar-refractivity contribution in [3.63, 3.8) is 0 Å². The topological polar surface area (TPSA) is 42.4 Å². The van der Waals surface area contributed by atoms with Gasteiger partial charge in [0.1, 0.15) is 11.6 Å². The van der Waals surface area contributed by atoms with E-state index in [1.54, 1.807) is 36.4 Å². The van der Waals surface area contributed by atoms with Gasteiger partial charge in [0, 0.05) is 0 Å². The van der Waals surface area contributed by atoms with Crippen LogP contribution in [0.15, 0.2) is 66.7 Å². The summed E-state index contributed by atoms with van der Waals surface area (Å²) in [5.74, 6) is -1.56. The van der Waals surface area contributed by atoms with Crippen LogP contribution >= 0.6 is 11.3 Å². The zero-order valence-corrected chi connectivity index (χ0v) is 16.8. The van der Waals surface area contributed by atoms with Crippen molar-refractivity contribution >= 4 is 38.3 Å². The summed E-state index contributed by atoms with van der Waals surface area (Å²) in [5.41, 5.74) is -0.661. The van der Waals surface area contributed by atoms with E-state index in [1.807, 2.05) is 12.1 Å². The molecule has 0 unspecified atom stereocenters. The molecule has 0 fully saturated rings. The Labute approximate surface area is 178 Å². The Kier molecular flexibility index (Phi) is 5.36. The van der Waals surface area contributed by atoms with Crippen LogP contribution in [-0.2, 0) is 6.18 Å². The maximum absolute atomic E-state index is 14.6.